The maximum absolute atomic E-state index is 12.9. The molecule has 0 radical (unpaired) electrons. The Morgan fingerprint density at radius 1 is 1.07 bits per heavy atom. The number of nitrogens with one attached hydrogen (secondary N) is 1. The maximum atomic E-state index is 12.9. The lowest BCUT2D eigenvalue weighted by Gasteiger charge is -2.10. The molecular formula is C20H13F3N2O2S. The zero-order valence-corrected chi connectivity index (χ0v) is 15.1. The van der Waals surface area contributed by atoms with Gasteiger partial charge in [0.05, 0.1) is 10.5 Å². The standard InChI is InChI=1S/C20H13F3N2O2S/c21-20(22,23)14-5-1-3-12(9-14)11-25-8-7-15-13(4-2-6-16(15)25)10-17-18(26)24-19(27)28-17/h1-10H,11H2,(H,24,26,27)/b17-10-. The van der Waals surface area contributed by atoms with Gasteiger partial charge in [-0.1, -0.05) is 24.3 Å². The van der Waals surface area contributed by atoms with E-state index in [1.807, 2.05) is 22.8 Å². The molecule has 3 aromatic rings. The van der Waals surface area contributed by atoms with Crippen LogP contribution in [0, 0.1) is 0 Å². The predicted octanol–water partition coefficient (Wildman–Crippen LogP) is 5.03. The largest absolute Gasteiger partial charge is 0.416 e. The van der Waals surface area contributed by atoms with Crippen LogP contribution in [0.5, 0.6) is 0 Å². The molecule has 2 amide bonds. The van der Waals surface area contributed by atoms with Crippen molar-refractivity contribution in [2.24, 2.45) is 0 Å². The average Bonchev–Trinajstić information content (AvgIpc) is 3.18. The number of amides is 2. The first-order valence-electron chi connectivity index (χ1n) is 8.30. The Balaban J connectivity index is 1.69. The first kappa shape index (κ1) is 18.4. The van der Waals surface area contributed by atoms with Crippen molar-refractivity contribution in [1.82, 2.24) is 9.88 Å². The molecule has 142 valence electrons. The second-order valence-electron chi connectivity index (χ2n) is 6.27. The second kappa shape index (κ2) is 6.87. The molecule has 0 aliphatic carbocycles. The number of alkyl halides is 3. The van der Waals surface area contributed by atoms with Crippen LogP contribution in [0.1, 0.15) is 16.7 Å². The molecule has 4 nitrogen and oxygen atoms in total. The van der Waals surface area contributed by atoms with E-state index in [0.717, 1.165) is 40.4 Å². The number of hydrogen-bond donors (Lipinski definition) is 1. The maximum Gasteiger partial charge on any atom is 0.416 e. The molecule has 0 bridgehead atoms. The van der Waals surface area contributed by atoms with Gasteiger partial charge in [-0.3, -0.25) is 14.9 Å². The van der Waals surface area contributed by atoms with E-state index < -0.39 is 22.9 Å². The number of carbonyl (C=O) groups excluding carboxylic acids is 2. The quantitative estimate of drug-likeness (QED) is 0.625. The molecular weight excluding hydrogens is 389 g/mol. The molecule has 2 heterocycles. The van der Waals surface area contributed by atoms with Gasteiger partial charge in [0.2, 0.25) is 0 Å². The minimum absolute atomic E-state index is 0.279. The van der Waals surface area contributed by atoms with Crippen LogP contribution in [0.15, 0.2) is 59.6 Å². The number of fused-ring (bicyclic) bond motifs is 1. The third-order valence-corrected chi connectivity index (χ3v) is 5.19. The fraction of sp³-hybridized carbons (Fsp3) is 0.100. The molecule has 28 heavy (non-hydrogen) atoms. The lowest BCUT2D eigenvalue weighted by molar-refractivity contribution is -0.137. The predicted molar refractivity (Wildman–Crippen MR) is 102 cm³/mol. The van der Waals surface area contributed by atoms with E-state index in [4.69, 9.17) is 0 Å². The number of imide groups is 1. The fourth-order valence-electron chi connectivity index (χ4n) is 3.12. The SMILES string of the molecule is O=C1NC(=O)/C(=C/c2cccc3c2ccn3Cc2cccc(C(F)(F)F)c2)S1. The molecule has 1 aliphatic heterocycles. The van der Waals surface area contributed by atoms with Crippen LogP contribution in [0.25, 0.3) is 17.0 Å². The molecule has 1 aromatic heterocycles. The number of aromatic nitrogens is 1. The summed E-state index contributed by atoms with van der Waals surface area (Å²) in [4.78, 5) is 23.4. The van der Waals surface area contributed by atoms with Gasteiger partial charge in [0.15, 0.2) is 0 Å². The highest BCUT2D eigenvalue weighted by Crippen LogP contribution is 2.31. The summed E-state index contributed by atoms with van der Waals surface area (Å²) >= 11 is 0.839. The zero-order valence-electron chi connectivity index (χ0n) is 14.3. The lowest BCUT2D eigenvalue weighted by atomic mass is 10.1. The highest BCUT2D eigenvalue weighted by Gasteiger charge is 2.30. The molecule has 1 fully saturated rings. The van der Waals surface area contributed by atoms with Gasteiger partial charge >= 0.3 is 6.18 Å². The van der Waals surface area contributed by atoms with Crippen molar-refractivity contribution in [2.45, 2.75) is 12.7 Å². The van der Waals surface area contributed by atoms with Gasteiger partial charge in [-0.05, 0) is 53.2 Å². The smallest absolute Gasteiger partial charge is 0.343 e. The lowest BCUT2D eigenvalue weighted by Crippen LogP contribution is -2.17. The Bertz CT molecular complexity index is 1130. The Morgan fingerprint density at radius 2 is 1.86 bits per heavy atom. The molecule has 1 saturated heterocycles. The fourth-order valence-corrected chi connectivity index (χ4v) is 3.79. The Morgan fingerprint density at radius 3 is 2.57 bits per heavy atom. The zero-order chi connectivity index (χ0) is 19.9. The molecule has 0 unspecified atom stereocenters. The second-order valence-corrected chi connectivity index (χ2v) is 7.29. The van der Waals surface area contributed by atoms with Gasteiger partial charge in [0.25, 0.3) is 11.1 Å². The van der Waals surface area contributed by atoms with Crippen molar-refractivity contribution in [3.05, 3.63) is 76.3 Å². The van der Waals surface area contributed by atoms with Crippen molar-refractivity contribution in [3.8, 4) is 0 Å². The Hall–Kier alpha value is -3.00. The monoisotopic (exact) mass is 402 g/mol. The summed E-state index contributed by atoms with van der Waals surface area (Å²) in [5.41, 5.74) is 1.43. The van der Waals surface area contributed by atoms with E-state index >= 15 is 0 Å². The van der Waals surface area contributed by atoms with E-state index in [1.54, 1.807) is 24.4 Å². The first-order chi connectivity index (χ1) is 13.3. The summed E-state index contributed by atoms with van der Waals surface area (Å²) in [5.74, 6) is -0.435. The van der Waals surface area contributed by atoms with Crippen LogP contribution >= 0.6 is 11.8 Å². The van der Waals surface area contributed by atoms with Crippen LogP contribution < -0.4 is 5.32 Å². The average molecular weight is 402 g/mol. The third kappa shape index (κ3) is 3.55. The highest BCUT2D eigenvalue weighted by molar-refractivity contribution is 8.18. The molecule has 2 aromatic carbocycles. The molecule has 0 saturated carbocycles. The summed E-state index contributed by atoms with van der Waals surface area (Å²) in [7, 11) is 0. The van der Waals surface area contributed by atoms with E-state index in [9.17, 15) is 22.8 Å². The van der Waals surface area contributed by atoms with Crippen LogP contribution in [-0.2, 0) is 17.5 Å². The summed E-state index contributed by atoms with van der Waals surface area (Å²) in [6.07, 6.45) is -0.952. The number of halogens is 3. The summed E-state index contributed by atoms with van der Waals surface area (Å²) in [6, 6.07) is 12.6. The summed E-state index contributed by atoms with van der Waals surface area (Å²) in [5, 5.41) is 2.64. The van der Waals surface area contributed by atoms with Gasteiger partial charge in [-0.15, -0.1) is 0 Å². The molecule has 0 atom stereocenters. The first-order valence-corrected chi connectivity index (χ1v) is 9.12. The minimum Gasteiger partial charge on any atom is -0.343 e. The van der Waals surface area contributed by atoms with Gasteiger partial charge in [-0.2, -0.15) is 13.2 Å². The number of nitrogens with zero attached hydrogens (tertiary/aromatic N) is 1. The van der Waals surface area contributed by atoms with E-state index in [0.29, 0.717) is 10.5 Å². The molecule has 4 rings (SSSR count). The topological polar surface area (TPSA) is 51.1 Å². The molecule has 0 spiro atoms. The van der Waals surface area contributed by atoms with Crippen molar-refractivity contribution >= 4 is 39.9 Å². The normalized spacial score (nSPS) is 16.2. The van der Waals surface area contributed by atoms with Crippen LogP contribution in [0.2, 0.25) is 0 Å². The summed E-state index contributed by atoms with van der Waals surface area (Å²) < 4.78 is 40.6. The van der Waals surface area contributed by atoms with Gasteiger partial charge < -0.3 is 4.57 Å². The van der Waals surface area contributed by atoms with Gasteiger partial charge in [0, 0.05) is 23.6 Å². The number of rotatable bonds is 3. The van der Waals surface area contributed by atoms with E-state index in [2.05, 4.69) is 5.32 Å². The van der Waals surface area contributed by atoms with Crippen LogP contribution in [0.4, 0.5) is 18.0 Å². The van der Waals surface area contributed by atoms with E-state index in [-0.39, 0.29) is 6.54 Å². The molecule has 8 heteroatoms. The van der Waals surface area contributed by atoms with Crippen LogP contribution in [-0.4, -0.2) is 15.7 Å². The van der Waals surface area contributed by atoms with Crippen molar-refractivity contribution < 1.29 is 22.8 Å². The van der Waals surface area contributed by atoms with Crippen molar-refractivity contribution in [1.29, 1.82) is 0 Å². The summed E-state index contributed by atoms with van der Waals surface area (Å²) in [6.45, 7) is 0.279. The van der Waals surface area contributed by atoms with Crippen molar-refractivity contribution in [3.63, 3.8) is 0 Å². The molecule has 1 aliphatic rings. The number of thioether (sulfide) groups is 1. The highest BCUT2D eigenvalue weighted by atomic mass is 32.2. The van der Waals surface area contributed by atoms with Crippen molar-refractivity contribution in [2.75, 3.05) is 0 Å². The van der Waals surface area contributed by atoms with Gasteiger partial charge in [0.1, 0.15) is 0 Å². The Labute approximate surface area is 162 Å². The number of carbonyl (C=O) groups is 2. The number of benzene rings is 2. The minimum atomic E-state index is -4.38. The number of hydrogen-bond acceptors (Lipinski definition) is 3. The third-order valence-electron chi connectivity index (χ3n) is 4.38. The van der Waals surface area contributed by atoms with Crippen LogP contribution in [0.3, 0.4) is 0 Å². The Kier molecular flexibility index (Phi) is 4.50. The van der Waals surface area contributed by atoms with E-state index in [1.165, 1.54) is 6.07 Å². The molecule has 1 N–H and O–H groups in total. The van der Waals surface area contributed by atoms with Gasteiger partial charge in [-0.25, -0.2) is 0 Å².